The molecular weight excluding hydrogens is 363 g/mol. The number of carboxylic acids is 1. The molecule has 1 aliphatic rings. The Morgan fingerprint density at radius 1 is 1.22 bits per heavy atom. The lowest BCUT2D eigenvalue weighted by atomic mass is 9.78. The summed E-state index contributed by atoms with van der Waals surface area (Å²) in [5, 5.41) is 15.5. The molecule has 0 atom stereocenters. The predicted molar refractivity (Wildman–Crippen MR) is 109 cm³/mol. The SMILES string of the molecule is CC1(C)OB(C(=Cc2ccc(-c3cc(C(=O)O)[nH]n3)cc2)CS)OC1(C)C. The third-order valence-electron chi connectivity index (χ3n) is 5.11. The predicted octanol–water partition coefficient (Wildman–Crippen LogP) is 3.72. The summed E-state index contributed by atoms with van der Waals surface area (Å²) >= 11 is 4.44. The summed E-state index contributed by atoms with van der Waals surface area (Å²) in [6, 6.07) is 9.19. The Labute approximate surface area is 164 Å². The molecule has 8 heteroatoms. The van der Waals surface area contributed by atoms with Crippen LogP contribution in [0.2, 0.25) is 0 Å². The monoisotopic (exact) mass is 386 g/mol. The van der Waals surface area contributed by atoms with Crippen LogP contribution in [0.5, 0.6) is 0 Å². The van der Waals surface area contributed by atoms with E-state index < -0.39 is 24.3 Å². The lowest BCUT2D eigenvalue weighted by Crippen LogP contribution is -2.41. The third-order valence-corrected chi connectivity index (χ3v) is 5.47. The van der Waals surface area contributed by atoms with Crippen LogP contribution in [0.15, 0.2) is 35.8 Å². The van der Waals surface area contributed by atoms with Crippen LogP contribution < -0.4 is 0 Å². The number of rotatable bonds is 5. The van der Waals surface area contributed by atoms with Crippen molar-refractivity contribution >= 4 is 31.8 Å². The second kappa shape index (κ2) is 7.18. The van der Waals surface area contributed by atoms with E-state index in [4.69, 9.17) is 14.4 Å². The van der Waals surface area contributed by atoms with E-state index in [0.717, 1.165) is 16.6 Å². The summed E-state index contributed by atoms with van der Waals surface area (Å²) in [6.07, 6.45) is 2.01. The summed E-state index contributed by atoms with van der Waals surface area (Å²) in [5.74, 6) is -0.519. The smallest absolute Gasteiger partial charge is 0.477 e. The lowest BCUT2D eigenvalue weighted by molar-refractivity contribution is 0.00578. The van der Waals surface area contributed by atoms with Crippen LogP contribution in [-0.4, -0.2) is 45.3 Å². The van der Waals surface area contributed by atoms with Crippen molar-refractivity contribution in [2.45, 2.75) is 38.9 Å². The number of nitrogens with zero attached hydrogens (tertiary/aromatic N) is 1. The van der Waals surface area contributed by atoms with E-state index >= 15 is 0 Å². The zero-order chi connectivity index (χ0) is 19.8. The standard InChI is InChI=1S/C19H23BN2O4S/c1-18(2)19(3,4)26-20(25-18)14(11-27)9-12-5-7-13(8-6-12)15-10-16(17(23)24)22-21-15/h5-10,27H,11H2,1-4H3,(H,21,22)(H,23,24). The first-order chi connectivity index (χ1) is 12.6. The van der Waals surface area contributed by atoms with Crippen molar-refractivity contribution in [3.05, 3.63) is 47.1 Å². The van der Waals surface area contributed by atoms with Crippen molar-refractivity contribution < 1.29 is 19.2 Å². The van der Waals surface area contributed by atoms with Crippen LogP contribution in [0.3, 0.4) is 0 Å². The molecule has 27 heavy (non-hydrogen) atoms. The Bertz CT molecular complexity index is 858. The lowest BCUT2D eigenvalue weighted by Gasteiger charge is -2.32. The van der Waals surface area contributed by atoms with Crippen molar-refractivity contribution in [3.8, 4) is 11.3 Å². The number of nitrogens with one attached hydrogen (secondary N) is 1. The van der Waals surface area contributed by atoms with Gasteiger partial charge in [0.1, 0.15) is 5.69 Å². The van der Waals surface area contributed by atoms with Crippen LogP contribution in [0.4, 0.5) is 0 Å². The fourth-order valence-electron chi connectivity index (χ4n) is 2.73. The largest absolute Gasteiger partial charge is 0.491 e. The maximum Gasteiger partial charge on any atom is 0.491 e. The first kappa shape index (κ1) is 19.7. The van der Waals surface area contributed by atoms with E-state index in [0.29, 0.717) is 11.4 Å². The number of H-pyrrole nitrogens is 1. The number of hydrogen-bond acceptors (Lipinski definition) is 5. The van der Waals surface area contributed by atoms with Gasteiger partial charge in [-0.15, -0.1) is 0 Å². The molecule has 2 N–H and O–H groups in total. The highest BCUT2D eigenvalue weighted by molar-refractivity contribution is 7.80. The minimum Gasteiger partial charge on any atom is -0.477 e. The van der Waals surface area contributed by atoms with E-state index in [2.05, 4.69) is 22.8 Å². The zero-order valence-electron chi connectivity index (χ0n) is 15.8. The number of carbonyl (C=O) groups is 1. The van der Waals surface area contributed by atoms with Crippen molar-refractivity contribution in [2.75, 3.05) is 5.75 Å². The number of aromatic carboxylic acids is 1. The molecule has 0 bridgehead atoms. The van der Waals surface area contributed by atoms with Crippen molar-refractivity contribution in [1.82, 2.24) is 10.2 Å². The molecule has 1 aromatic carbocycles. The highest BCUT2D eigenvalue weighted by Gasteiger charge is 2.52. The Morgan fingerprint density at radius 3 is 2.30 bits per heavy atom. The highest BCUT2D eigenvalue weighted by Crippen LogP contribution is 2.39. The average molecular weight is 386 g/mol. The normalized spacial score (nSPS) is 18.7. The van der Waals surface area contributed by atoms with Crippen molar-refractivity contribution in [1.29, 1.82) is 0 Å². The van der Waals surface area contributed by atoms with Gasteiger partial charge in [-0.1, -0.05) is 30.3 Å². The summed E-state index contributed by atoms with van der Waals surface area (Å²) in [7, 11) is -0.434. The Hall–Kier alpha value is -2.03. The Kier molecular flexibility index (Phi) is 5.25. The van der Waals surface area contributed by atoms with Gasteiger partial charge < -0.3 is 14.4 Å². The van der Waals surface area contributed by atoms with Crippen LogP contribution >= 0.6 is 12.6 Å². The van der Waals surface area contributed by atoms with Crippen molar-refractivity contribution in [3.63, 3.8) is 0 Å². The molecule has 1 saturated heterocycles. The van der Waals surface area contributed by atoms with Crippen LogP contribution in [0, 0.1) is 0 Å². The highest BCUT2D eigenvalue weighted by atomic mass is 32.1. The van der Waals surface area contributed by atoms with Gasteiger partial charge in [0, 0.05) is 11.3 Å². The molecule has 6 nitrogen and oxygen atoms in total. The van der Waals surface area contributed by atoms with Crippen molar-refractivity contribution in [2.24, 2.45) is 0 Å². The third kappa shape index (κ3) is 3.97. The summed E-state index contributed by atoms with van der Waals surface area (Å²) in [4.78, 5) is 11.0. The van der Waals surface area contributed by atoms with Crippen LogP contribution in [0.1, 0.15) is 43.7 Å². The average Bonchev–Trinajstić information content (AvgIpc) is 3.16. The van der Waals surface area contributed by atoms with Crippen LogP contribution in [-0.2, 0) is 9.31 Å². The molecule has 0 radical (unpaired) electrons. The number of thiol groups is 1. The summed E-state index contributed by atoms with van der Waals surface area (Å²) in [5.41, 5.74) is 2.61. The molecule has 0 spiro atoms. The molecule has 1 aromatic heterocycles. The first-order valence-electron chi connectivity index (χ1n) is 8.69. The molecule has 0 aliphatic carbocycles. The minimum atomic E-state index is -1.03. The molecule has 0 saturated carbocycles. The number of benzene rings is 1. The van der Waals surface area contributed by atoms with E-state index in [9.17, 15) is 4.79 Å². The van der Waals surface area contributed by atoms with Gasteiger partial charge in [-0.2, -0.15) is 17.7 Å². The van der Waals surface area contributed by atoms with Crippen LogP contribution in [0.25, 0.3) is 17.3 Å². The molecule has 0 unspecified atom stereocenters. The first-order valence-corrected chi connectivity index (χ1v) is 9.32. The molecule has 1 fully saturated rings. The van der Waals surface area contributed by atoms with E-state index in [1.54, 1.807) is 0 Å². The number of aromatic nitrogens is 2. The quantitative estimate of drug-likeness (QED) is 0.539. The van der Waals surface area contributed by atoms with Gasteiger partial charge in [0.25, 0.3) is 0 Å². The molecule has 2 aromatic rings. The fourth-order valence-corrected chi connectivity index (χ4v) is 2.97. The molecule has 2 heterocycles. The van der Waals surface area contributed by atoms with Gasteiger partial charge in [0.15, 0.2) is 0 Å². The van der Waals surface area contributed by atoms with E-state index in [-0.39, 0.29) is 5.69 Å². The molecular formula is C19H23BN2O4S. The van der Waals surface area contributed by atoms with Gasteiger partial charge in [-0.05, 0) is 44.8 Å². The van der Waals surface area contributed by atoms with E-state index in [1.165, 1.54) is 6.07 Å². The number of aromatic amines is 1. The Morgan fingerprint density at radius 2 is 1.81 bits per heavy atom. The van der Waals surface area contributed by atoms with E-state index in [1.807, 2.05) is 58.0 Å². The van der Waals surface area contributed by atoms with Gasteiger partial charge in [0.2, 0.25) is 0 Å². The molecule has 142 valence electrons. The van der Waals surface area contributed by atoms with Gasteiger partial charge in [-0.25, -0.2) is 4.79 Å². The second-order valence-electron chi connectivity index (χ2n) is 7.56. The molecule has 1 aliphatic heterocycles. The Balaban J connectivity index is 1.80. The van der Waals surface area contributed by atoms with Gasteiger partial charge >= 0.3 is 13.1 Å². The summed E-state index contributed by atoms with van der Waals surface area (Å²) in [6.45, 7) is 8.08. The second-order valence-corrected chi connectivity index (χ2v) is 7.88. The molecule has 3 rings (SSSR count). The van der Waals surface area contributed by atoms with Gasteiger partial charge in [-0.3, -0.25) is 5.10 Å². The zero-order valence-corrected chi connectivity index (χ0v) is 16.7. The fraction of sp³-hybridized carbons (Fsp3) is 0.368. The maximum absolute atomic E-state index is 11.0. The number of hydrogen-bond donors (Lipinski definition) is 3. The maximum atomic E-state index is 11.0. The molecule has 0 amide bonds. The topological polar surface area (TPSA) is 84.4 Å². The minimum absolute atomic E-state index is 0.0621. The van der Waals surface area contributed by atoms with Gasteiger partial charge in [0.05, 0.1) is 16.9 Å². The number of carboxylic acid groups (broad SMARTS) is 1. The summed E-state index contributed by atoms with van der Waals surface area (Å²) < 4.78 is 12.2.